The van der Waals surface area contributed by atoms with E-state index >= 15 is 0 Å². The highest BCUT2D eigenvalue weighted by Crippen LogP contribution is 2.18. The van der Waals surface area contributed by atoms with Gasteiger partial charge < -0.3 is 19.5 Å². The van der Waals surface area contributed by atoms with Crippen molar-refractivity contribution >= 4 is 11.9 Å². The SMILES string of the molecule is CN=C(NCC(c1ccco1)N(C)C)N1CCN(C(C)C(=O)N2CCCC2)CC1. The van der Waals surface area contributed by atoms with Gasteiger partial charge in [-0.25, -0.2) is 0 Å². The number of likely N-dealkylation sites (tertiary alicyclic amines) is 1. The molecule has 1 N–H and O–H groups in total. The maximum atomic E-state index is 12.7. The molecule has 0 aromatic carbocycles. The van der Waals surface area contributed by atoms with Gasteiger partial charge in [-0.2, -0.15) is 0 Å². The van der Waals surface area contributed by atoms with Crippen LogP contribution in [-0.4, -0.2) is 104 Å². The van der Waals surface area contributed by atoms with Gasteiger partial charge in [0.05, 0.1) is 18.3 Å². The minimum atomic E-state index is -0.0395. The second-order valence-corrected chi connectivity index (χ2v) is 8.15. The molecule has 0 aliphatic carbocycles. The van der Waals surface area contributed by atoms with E-state index in [9.17, 15) is 4.79 Å². The Bertz CT molecular complexity index is 661. The zero-order chi connectivity index (χ0) is 20.8. The van der Waals surface area contributed by atoms with E-state index in [-0.39, 0.29) is 18.0 Å². The zero-order valence-electron chi connectivity index (χ0n) is 18.3. The van der Waals surface area contributed by atoms with Crippen molar-refractivity contribution in [3.05, 3.63) is 24.2 Å². The summed E-state index contributed by atoms with van der Waals surface area (Å²) < 4.78 is 5.60. The van der Waals surface area contributed by atoms with Crippen LogP contribution in [-0.2, 0) is 4.79 Å². The van der Waals surface area contributed by atoms with E-state index in [4.69, 9.17) is 4.42 Å². The first-order chi connectivity index (χ1) is 14.0. The average Bonchev–Trinajstić information content (AvgIpc) is 3.44. The summed E-state index contributed by atoms with van der Waals surface area (Å²) in [4.78, 5) is 25.9. The first-order valence-electron chi connectivity index (χ1n) is 10.7. The Morgan fingerprint density at radius 3 is 2.41 bits per heavy atom. The second-order valence-electron chi connectivity index (χ2n) is 8.15. The van der Waals surface area contributed by atoms with Crippen LogP contribution in [0.3, 0.4) is 0 Å². The Balaban J connectivity index is 1.50. The van der Waals surface area contributed by atoms with Crippen LogP contribution in [0, 0.1) is 0 Å². The summed E-state index contributed by atoms with van der Waals surface area (Å²) in [5.74, 6) is 2.13. The molecule has 8 heteroatoms. The molecule has 3 rings (SSSR count). The van der Waals surface area contributed by atoms with Crippen LogP contribution in [0.2, 0.25) is 0 Å². The van der Waals surface area contributed by atoms with E-state index in [0.717, 1.165) is 70.4 Å². The Morgan fingerprint density at radius 1 is 1.17 bits per heavy atom. The van der Waals surface area contributed by atoms with Gasteiger partial charge in [-0.15, -0.1) is 0 Å². The fourth-order valence-corrected chi connectivity index (χ4v) is 4.22. The number of carbonyl (C=O) groups excluding carboxylic acids is 1. The Labute approximate surface area is 174 Å². The Morgan fingerprint density at radius 2 is 1.86 bits per heavy atom. The van der Waals surface area contributed by atoms with Crippen LogP contribution in [0.1, 0.15) is 31.6 Å². The third-order valence-electron chi connectivity index (χ3n) is 6.10. The molecule has 1 amide bonds. The van der Waals surface area contributed by atoms with Gasteiger partial charge in [-0.05, 0) is 46.0 Å². The van der Waals surface area contributed by atoms with E-state index in [2.05, 4.69) is 46.0 Å². The standard InChI is InChI=1S/C21H36N6O2/c1-17(20(28)26-9-5-6-10-26)25-11-13-27(14-12-25)21(22-2)23-16-18(24(3)4)19-8-7-15-29-19/h7-8,15,17-18H,5-6,9-14,16H2,1-4H3,(H,22,23). The number of nitrogens with zero attached hydrogens (tertiary/aromatic N) is 5. The molecular formula is C21H36N6O2. The smallest absolute Gasteiger partial charge is 0.239 e. The summed E-state index contributed by atoms with van der Waals surface area (Å²) in [5.41, 5.74) is 0. The van der Waals surface area contributed by atoms with Crippen LogP contribution < -0.4 is 5.32 Å². The maximum absolute atomic E-state index is 12.7. The lowest BCUT2D eigenvalue weighted by Crippen LogP contribution is -2.57. The normalized spacial score (nSPS) is 20.9. The number of hydrogen-bond acceptors (Lipinski definition) is 5. The number of carbonyl (C=O) groups is 1. The summed E-state index contributed by atoms with van der Waals surface area (Å²) in [6.07, 6.45) is 3.99. The van der Waals surface area contributed by atoms with E-state index in [0.29, 0.717) is 0 Å². The van der Waals surface area contributed by atoms with Crippen LogP contribution >= 0.6 is 0 Å². The van der Waals surface area contributed by atoms with Gasteiger partial charge >= 0.3 is 0 Å². The molecule has 2 saturated heterocycles. The van der Waals surface area contributed by atoms with Gasteiger partial charge in [-0.1, -0.05) is 0 Å². The molecule has 2 unspecified atom stereocenters. The molecule has 0 spiro atoms. The van der Waals surface area contributed by atoms with Gasteiger partial charge in [0.1, 0.15) is 5.76 Å². The summed E-state index contributed by atoms with van der Waals surface area (Å²) in [5, 5.41) is 3.50. The summed E-state index contributed by atoms with van der Waals surface area (Å²) in [6.45, 7) is 8.08. The highest BCUT2D eigenvalue weighted by atomic mass is 16.3. The zero-order valence-corrected chi connectivity index (χ0v) is 18.3. The van der Waals surface area contributed by atoms with Crippen LogP contribution in [0.5, 0.6) is 0 Å². The lowest BCUT2D eigenvalue weighted by molar-refractivity contribution is -0.135. The van der Waals surface area contributed by atoms with Crippen molar-refractivity contribution in [3.8, 4) is 0 Å². The van der Waals surface area contributed by atoms with Gasteiger partial charge in [0.15, 0.2) is 5.96 Å². The largest absolute Gasteiger partial charge is 0.468 e. The number of nitrogens with one attached hydrogen (secondary N) is 1. The molecule has 162 valence electrons. The van der Waals surface area contributed by atoms with Gasteiger partial charge in [0, 0.05) is 52.9 Å². The third kappa shape index (κ3) is 5.30. The summed E-state index contributed by atoms with van der Waals surface area (Å²) >= 11 is 0. The molecule has 2 atom stereocenters. The molecule has 1 aromatic heterocycles. The average molecular weight is 405 g/mol. The molecule has 2 aliphatic rings. The van der Waals surface area contributed by atoms with Crippen LogP contribution in [0.4, 0.5) is 0 Å². The fraction of sp³-hybridized carbons (Fsp3) is 0.714. The Kier molecular flexibility index (Phi) is 7.55. The number of hydrogen-bond donors (Lipinski definition) is 1. The molecule has 0 saturated carbocycles. The molecule has 0 radical (unpaired) electrons. The van der Waals surface area contributed by atoms with Crippen molar-refractivity contribution in [3.63, 3.8) is 0 Å². The molecule has 8 nitrogen and oxygen atoms in total. The molecule has 0 bridgehead atoms. The summed E-state index contributed by atoms with van der Waals surface area (Å²) in [7, 11) is 5.93. The first-order valence-corrected chi connectivity index (χ1v) is 10.7. The predicted molar refractivity (Wildman–Crippen MR) is 115 cm³/mol. The second kappa shape index (κ2) is 10.1. The maximum Gasteiger partial charge on any atom is 0.239 e. The molecule has 1 aromatic rings. The van der Waals surface area contributed by atoms with Gasteiger partial charge in [0.25, 0.3) is 0 Å². The van der Waals surface area contributed by atoms with Crippen molar-refractivity contribution in [1.29, 1.82) is 0 Å². The number of furan rings is 1. The molecule has 3 heterocycles. The Hall–Kier alpha value is -2.06. The fourth-order valence-electron chi connectivity index (χ4n) is 4.22. The van der Waals surface area contributed by atoms with Gasteiger partial charge in [-0.3, -0.25) is 19.6 Å². The monoisotopic (exact) mass is 404 g/mol. The van der Waals surface area contributed by atoms with Crippen molar-refractivity contribution in [2.45, 2.75) is 31.8 Å². The lowest BCUT2D eigenvalue weighted by Gasteiger charge is -2.40. The first kappa shape index (κ1) is 21.6. The van der Waals surface area contributed by atoms with E-state index in [1.807, 2.05) is 24.1 Å². The van der Waals surface area contributed by atoms with Crippen molar-refractivity contribution in [2.75, 3.05) is 67.0 Å². The minimum Gasteiger partial charge on any atom is -0.468 e. The number of guanidine groups is 1. The van der Waals surface area contributed by atoms with E-state index in [1.165, 1.54) is 0 Å². The quantitative estimate of drug-likeness (QED) is 0.566. The predicted octanol–water partition coefficient (Wildman–Crippen LogP) is 1.09. The number of piperazine rings is 1. The van der Waals surface area contributed by atoms with Crippen LogP contribution in [0.25, 0.3) is 0 Å². The lowest BCUT2D eigenvalue weighted by atomic mass is 10.2. The highest BCUT2D eigenvalue weighted by Gasteiger charge is 2.30. The van der Waals surface area contributed by atoms with E-state index in [1.54, 1.807) is 6.26 Å². The molecule has 2 aliphatic heterocycles. The number of rotatable bonds is 6. The minimum absolute atomic E-state index is 0.0395. The number of likely N-dealkylation sites (N-methyl/N-ethyl adjacent to an activating group) is 1. The van der Waals surface area contributed by atoms with Crippen molar-refractivity contribution in [1.82, 2.24) is 24.9 Å². The van der Waals surface area contributed by atoms with Crippen LogP contribution in [0.15, 0.2) is 27.8 Å². The third-order valence-corrected chi connectivity index (χ3v) is 6.10. The van der Waals surface area contributed by atoms with Gasteiger partial charge in [0.2, 0.25) is 5.91 Å². The van der Waals surface area contributed by atoms with Crippen molar-refractivity contribution < 1.29 is 9.21 Å². The highest BCUT2D eigenvalue weighted by molar-refractivity contribution is 5.82. The number of aliphatic imine (C=N–C) groups is 1. The topological polar surface area (TPSA) is 67.6 Å². The molecular weight excluding hydrogens is 368 g/mol. The number of amides is 1. The molecule has 29 heavy (non-hydrogen) atoms. The molecule has 2 fully saturated rings. The summed E-state index contributed by atoms with van der Waals surface area (Å²) in [6, 6.07) is 4.03. The van der Waals surface area contributed by atoms with E-state index < -0.39 is 0 Å². The van der Waals surface area contributed by atoms with Crippen molar-refractivity contribution in [2.24, 2.45) is 4.99 Å².